The van der Waals surface area contributed by atoms with Crippen LogP contribution in [-0.2, 0) is 0 Å². The Morgan fingerprint density at radius 1 is 1.54 bits per heavy atom. The van der Waals surface area contributed by atoms with E-state index in [4.69, 9.17) is 9.84 Å². The Morgan fingerprint density at radius 3 is 2.69 bits per heavy atom. The summed E-state index contributed by atoms with van der Waals surface area (Å²) in [5, 5.41) is 8.71. The van der Waals surface area contributed by atoms with Crippen molar-refractivity contribution in [3.8, 4) is 5.75 Å². The summed E-state index contributed by atoms with van der Waals surface area (Å²) >= 11 is 1.52. The average molecular weight is 198 g/mol. The number of carboxylic acid groups (broad SMARTS) is 1. The first-order valence-corrected chi connectivity index (χ1v) is 4.87. The van der Waals surface area contributed by atoms with Gasteiger partial charge in [0, 0.05) is 4.90 Å². The highest BCUT2D eigenvalue weighted by Crippen LogP contribution is 2.28. The molecule has 3 nitrogen and oxygen atoms in total. The zero-order valence-electron chi connectivity index (χ0n) is 7.40. The molecular formula is C9H10O3S. The van der Waals surface area contributed by atoms with Gasteiger partial charge in [0.2, 0.25) is 0 Å². The molecule has 0 saturated carbocycles. The second-order valence-corrected chi connectivity index (χ2v) is 3.22. The zero-order chi connectivity index (χ0) is 9.84. The van der Waals surface area contributed by atoms with Crippen LogP contribution in [0.1, 0.15) is 10.4 Å². The number of carbonyl (C=O) groups is 1. The van der Waals surface area contributed by atoms with Crippen LogP contribution < -0.4 is 4.74 Å². The molecule has 0 amide bonds. The Kier molecular flexibility index (Phi) is 3.19. The normalized spacial score (nSPS) is 9.69. The summed E-state index contributed by atoms with van der Waals surface area (Å²) in [7, 11) is 1.53. The summed E-state index contributed by atoms with van der Waals surface area (Å²) in [6.45, 7) is 0. The van der Waals surface area contributed by atoms with Gasteiger partial charge in [-0.15, -0.1) is 11.8 Å². The quantitative estimate of drug-likeness (QED) is 0.756. The molecule has 1 rings (SSSR count). The van der Waals surface area contributed by atoms with Crippen LogP contribution in [0.15, 0.2) is 23.1 Å². The smallest absolute Gasteiger partial charge is 0.335 e. The van der Waals surface area contributed by atoms with Gasteiger partial charge in [-0.1, -0.05) is 0 Å². The molecule has 13 heavy (non-hydrogen) atoms. The van der Waals surface area contributed by atoms with Crippen molar-refractivity contribution in [3.05, 3.63) is 23.8 Å². The molecule has 70 valence electrons. The first-order chi connectivity index (χ1) is 6.19. The lowest BCUT2D eigenvalue weighted by Gasteiger charge is -2.06. The van der Waals surface area contributed by atoms with Crippen LogP contribution in [-0.4, -0.2) is 24.4 Å². The maximum atomic E-state index is 10.6. The number of hydrogen-bond donors (Lipinski definition) is 1. The SMILES string of the molecule is COc1cc(C(=O)O)ccc1SC. The van der Waals surface area contributed by atoms with Crippen molar-refractivity contribution in [1.29, 1.82) is 0 Å². The monoisotopic (exact) mass is 198 g/mol. The number of rotatable bonds is 3. The topological polar surface area (TPSA) is 46.5 Å². The van der Waals surface area contributed by atoms with Crippen molar-refractivity contribution in [2.75, 3.05) is 13.4 Å². The molecule has 1 N–H and O–H groups in total. The molecule has 0 aliphatic rings. The summed E-state index contributed by atoms with van der Waals surface area (Å²) in [5.74, 6) is -0.335. The van der Waals surface area contributed by atoms with E-state index in [1.54, 1.807) is 12.1 Å². The van der Waals surface area contributed by atoms with Gasteiger partial charge in [0.05, 0.1) is 12.7 Å². The Labute approximate surface area is 80.7 Å². The van der Waals surface area contributed by atoms with Crippen molar-refractivity contribution in [3.63, 3.8) is 0 Å². The molecule has 0 saturated heterocycles. The van der Waals surface area contributed by atoms with Gasteiger partial charge in [-0.2, -0.15) is 0 Å². The van der Waals surface area contributed by atoms with Crippen LogP contribution in [0.5, 0.6) is 5.75 Å². The van der Waals surface area contributed by atoms with Gasteiger partial charge >= 0.3 is 5.97 Å². The Hall–Kier alpha value is -1.16. The summed E-state index contributed by atoms with van der Waals surface area (Å²) in [5.41, 5.74) is 0.245. The summed E-state index contributed by atoms with van der Waals surface area (Å²) in [6, 6.07) is 4.83. The van der Waals surface area contributed by atoms with E-state index >= 15 is 0 Å². The van der Waals surface area contributed by atoms with Gasteiger partial charge in [0.1, 0.15) is 5.75 Å². The summed E-state index contributed by atoms with van der Waals surface area (Å²) in [4.78, 5) is 11.5. The average Bonchev–Trinajstić information content (AvgIpc) is 2.16. The van der Waals surface area contributed by atoms with Gasteiger partial charge in [0.25, 0.3) is 0 Å². The third kappa shape index (κ3) is 2.15. The van der Waals surface area contributed by atoms with E-state index in [2.05, 4.69) is 0 Å². The second-order valence-electron chi connectivity index (χ2n) is 2.37. The largest absolute Gasteiger partial charge is 0.496 e. The number of carboxylic acids is 1. The minimum absolute atomic E-state index is 0.245. The first-order valence-electron chi connectivity index (χ1n) is 3.64. The van der Waals surface area contributed by atoms with E-state index in [9.17, 15) is 4.79 Å². The standard InChI is InChI=1S/C9H10O3S/c1-12-7-5-6(9(10)11)3-4-8(7)13-2/h3-5H,1-2H3,(H,10,11). The number of aromatic carboxylic acids is 1. The summed E-state index contributed by atoms with van der Waals surface area (Å²) < 4.78 is 5.04. The van der Waals surface area contributed by atoms with E-state index in [0.29, 0.717) is 5.75 Å². The molecule has 0 aromatic heterocycles. The highest BCUT2D eigenvalue weighted by Gasteiger charge is 2.07. The lowest BCUT2D eigenvalue weighted by atomic mass is 10.2. The summed E-state index contributed by atoms with van der Waals surface area (Å²) in [6.07, 6.45) is 1.91. The van der Waals surface area contributed by atoms with Gasteiger partial charge < -0.3 is 9.84 Å². The number of ether oxygens (including phenoxy) is 1. The van der Waals surface area contributed by atoms with Crippen LogP contribution in [0, 0.1) is 0 Å². The molecule has 0 unspecified atom stereocenters. The number of benzene rings is 1. The van der Waals surface area contributed by atoms with Crippen LogP contribution >= 0.6 is 11.8 Å². The fraction of sp³-hybridized carbons (Fsp3) is 0.222. The van der Waals surface area contributed by atoms with Crippen molar-refractivity contribution in [2.45, 2.75) is 4.90 Å². The van der Waals surface area contributed by atoms with Crippen LogP contribution in [0.3, 0.4) is 0 Å². The molecule has 0 atom stereocenters. The van der Waals surface area contributed by atoms with Crippen molar-refractivity contribution < 1.29 is 14.6 Å². The van der Waals surface area contributed by atoms with Gasteiger partial charge in [-0.3, -0.25) is 0 Å². The van der Waals surface area contributed by atoms with Crippen LogP contribution in [0.2, 0.25) is 0 Å². The third-order valence-corrected chi connectivity index (χ3v) is 2.41. The van der Waals surface area contributed by atoms with Crippen molar-refractivity contribution in [2.24, 2.45) is 0 Å². The first kappa shape index (κ1) is 9.92. The van der Waals surface area contributed by atoms with E-state index in [-0.39, 0.29) is 5.56 Å². The minimum Gasteiger partial charge on any atom is -0.496 e. The van der Waals surface area contributed by atoms with E-state index in [1.165, 1.54) is 24.9 Å². The molecule has 0 spiro atoms. The lowest BCUT2D eigenvalue weighted by Crippen LogP contribution is -1.97. The lowest BCUT2D eigenvalue weighted by molar-refractivity contribution is 0.0696. The maximum absolute atomic E-state index is 10.6. The second kappa shape index (κ2) is 4.18. The predicted octanol–water partition coefficient (Wildman–Crippen LogP) is 2.12. The molecule has 4 heteroatoms. The molecule has 0 aliphatic carbocycles. The molecule has 0 bridgehead atoms. The maximum Gasteiger partial charge on any atom is 0.335 e. The van der Waals surface area contributed by atoms with E-state index in [0.717, 1.165) is 4.90 Å². The molecule has 0 heterocycles. The van der Waals surface area contributed by atoms with Gasteiger partial charge in [-0.25, -0.2) is 4.79 Å². The fourth-order valence-electron chi connectivity index (χ4n) is 0.969. The highest BCUT2D eigenvalue weighted by atomic mass is 32.2. The Bertz CT molecular complexity index is 323. The minimum atomic E-state index is -0.939. The van der Waals surface area contributed by atoms with Crippen molar-refractivity contribution in [1.82, 2.24) is 0 Å². The van der Waals surface area contributed by atoms with E-state index in [1.807, 2.05) is 6.26 Å². The fourth-order valence-corrected chi connectivity index (χ4v) is 1.52. The molecular weight excluding hydrogens is 188 g/mol. The third-order valence-electron chi connectivity index (χ3n) is 1.63. The number of methoxy groups -OCH3 is 1. The molecule has 1 aromatic carbocycles. The number of hydrogen-bond acceptors (Lipinski definition) is 3. The molecule has 0 aliphatic heterocycles. The van der Waals surface area contributed by atoms with Gasteiger partial charge in [0.15, 0.2) is 0 Å². The Morgan fingerprint density at radius 2 is 2.23 bits per heavy atom. The van der Waals surface area contributed by atoms with Crippen LogP contribution in [0.4, 0.5) is 0 Å². The highest BCUT2D eigenvalue weighted by molar-refractivity contribution is 7.98. The Balaban J connectivity index is 3.13. The zero-order valence-corrected chi connectivity index (χ0v) is 8.22. The molecule has 0 fully saturated rings. The molecule has 1 aromatic rings. The predicted molar refractivity (Wildman–Crippen MR) is 51.7 cm³/mol. The van der Waals surface area contributed by atoms with E-state index < -0.39 is 5.97 Å². The van der Waals surface area contributed by atoms with Gasteiger partial charge in [-0.05, 0) is 24.5 Å². The van der Waals surface area contributed by atoms with Crippen molar-refractivity contribution >= 4 is 17.7 Å². The molecule has 0 radical (unpaired) electrons. The van der Waals surface area contributed by atoms with Crippen LogP contribution in [0.25, 0.3) is 0 Å². The number of thioether (sulfide) groups is 1.